The van der Waals surface area contributed by atoms with Gasteiger partial charge in [0, 0.05) is 26.1 Å². The molecule has 0 spiro atoms. The molecule has 0 amide bonds. The minimum absolute atomic E-state index is 0.200. The van der Waals surface area contributed by atoms with Crippen LogP contribution in [0.15, 0.2) is 33.6 Å². The Morgan fingerprint density at radius 1 is 1.26 bits per heavy atom. The quantitative estimate of drug-likeness (QED) is 0.849. The fourth-order valence-electron chi connectivity index (χ4n) is 1.51. The van der Waals surface area contributed by atoms with E-state index in [1.807, 2.05) is 6.92 Å². The largest absolute Gasteiger partial charge is 0.421 e. The first-order valence-electron chi connectivity index (χ1n) is 5.80. The Labute approximate surface area is 112 Å². The molecule has 19 heavy (non-hydrogen) atoms. The van der Waals surface area contributed by atoms with Gasteiger partial charge < -0.3 is 4.42 Å². The predicted octanol–water partition coefficient (Wildman–Crippen LogP) is 1.55. The molecule has 0 fully saturated rings. The third-order valence-electron chi connectivity index (χ3n) is 2.63. The van der Waals surface area contributed by atoms with E-state index in [1.54, 1.807) is 12.1 Å². The van der Waals surface area contributed by atoms with Crippen molar-refractivity contribution in [3.8, 4) is 11.5 Å². The maximum absolute atomic E-state index is 12.0. The fraction of sp³-hybridized carbons (Fsp3) is 0.333. The van der Waals surface area contributed by atoms with Crippen molar-refractivity contribution in [3.05, 3.63) is 30.2 Å². The summed E-state index contributed by atoms with van der Waals surface area (Å²) >= 11 is 0. The Kier molecular flexibility index (Phi) is 3.68. The van der Waals surface area contributed by atoms with Gasteiger partial charge in [-0.2, -0.15) is 0 Å². The molecule has 1 aromatic carbocycles. The predicted molar refractivity (Wildman–Crippen MR) is 70.0 cm³/mol. The standard InChI is InChI=1S/C12H15N3O3S/c1-4-11-13-14-12(18-11)9-6-5-7-10(8-9)19(16,17)15(2)3/h5-8H,4H2,1-3H3. The maximum atomic E-state index is 12.0. The van der Waals surface area contributed by atoms with Crippen LogP contribution in [0, 0.1) is 0 Å². The maximum Gasteiger partial charge on any atom is 0.247 e. The van der Waals surface area contributed by atoms with Crippen LogP contribution in [0.1, 0.15) is 12.8 Å². The molecular formula is C12H15N3O3S. The molecule has 0 N–H and O–H groups in total. The average Bonchev–Trinajstić information content (AvgIpc) is 2.87. The summed E-state index contributed by atoms with van der Waals surface area (Å²) in [6, 6.07) is 6.46. The molecule has 0 atom stereocenters. The molecule has 2 aromatic rings. The van der Waals surface area contributed by atoms with Gasteiger partial charge in [0.15, 0.2) is 0 Å². The molecule has 0 radical (unpaired) electrons. The SMILES string of the molecule is CCc1nnc(-c2cccc(S(=O)(=O)N(C)C)c2)o1. The molecule has 1 heterocycles. The summed E-state index contributed by atoms with van der Waals surface area (Å²) in [7, 11) is -0.483. The molecule has 7 heteroatoms. The van der Waals surface area contributed by atoms with Gasteiger partial charge in [-0.15, -0.1) is 10.2 Å². The summed E-state index contributed by atoms with van der Waals surface area (Å²) < 4.78 is 30.7. The second kappa shape index (κ2) is 5.10. The monoisotopic (exact) mass is 281 g/mol. The number of sulfonamides is 1. The van der Waals surface area contributed by atoms with E-state index in [1.165, 1.54) is 26.2 Å². The van der Waals surface area contributed by atoms with Crippen molar-refractivity contribution in [2.45, 2.75) is 18.2 Å². The number of nitrogens with zero attached hydrogens (tertiary/aromatic N) is 3. The lowest BCUT2D eigenvalue weighted by Gasteiger charge is -2.11. The Morgan fingerprint density at radius 3 is 2.58 bits per heavy atom. The van der Waals surface area contributed by atoms with Gasteiger partial charge in [0.2, 0.25) is 21.8 Å². The topological polar surface area (TPSA) is 76.3 Å². The smallest absolute Gasteiger partial charge is 0.247 e. The van der Waals surface area contributed by atoms with E-state index in [9.17, 15) is 8.42 Å². The van der Waals surface area contributed by atoms with Gasteiger partial charge in [0.05, 0.1) is 4.90 Å². The van der Waals surface area contributed by atoms with Crippen LogP contribution >= 0.6 is 0 Å². The summed E-state index contributed by atoms with van der Waals surface area (Å²) in [5.74, 6) is 0.850. The van der Waals surface area contributed by atoms with Gasteiger partial charge in [0.1, 0.15) is 0 Å². The molecule has 0 saturated carbocycles. The van der Waals surface area contributed by atoms with Crippen molar-refractivity contribution in [1.82, 2.24) is 14.5 Å². The van der Waals surface area contributed by atoms with Crippen LogP contribution < -0.4 is 0 Å². The number of rotatable bonds is 4. The van der Waals surface area contributed by atoms with Crippen LogP contribution in [0.4, 0.5) is 0 Å². The van der Waals surface area contributed by atoms with Crippen molar-refractivity contribution in [3.63, 3.8) is 0 Å². The second-order valence-electron chi connectivity index (χ2n) is 4.17. The van der Waals surface area contributed by atoms with Gasteiger partial charge in [-0.1, -0.05) is 13.0 Å². The highest BCUT2D eigenvalue weighted by Crippen LogP contribution is 2.22. The lowest BCUT2D eigenvalue weighted by Crippen LogP contribution is -2.22. The number of hydrogen-bond acceptors (Lipinski definition) is 5. The summed E-state index contributed by atoms with van der Waals surface area (Å²) in [5, 5.41) is 7.76. The van der Waals surface area contributed by atoms with Gasteiger partial charge in [0.25, 0.3) is 0 Å². The summed E-state index contributed by atoms with van der Waals surface area (Å²) in [6.45, 7) is 1.91. The van der Waals surface area contributed by atoms with E-state index in [-0.39, 0.29) is 4.90 Å². The van der Waals surface area contributed by atoms with E-state index in [4.69, 9.17) is 4.42 Å². The Bertz CT molecular complexity index is 677. The molecule has 6 nitrogen and oxygen atoms in total. The summed E-state index contributed by atoms with van der Waals surface area (Å²) in [6.07, 6.45) is 0.642. The minimum atomic E-state index is -3.46. The van der Waals surface area contributed by atoms with E-state index >= 15 is 0 Å². The van der Waals surface area contributed by atoms with Crippen molar-refractivity contribution in [2.24, 2.45) is 0 Å². The minimum Gasteiger partial charge on any atom is -0.421 e. The van der Waals surface area contributed by atoms with E-state index < -0.39 is 10.0 Å². The van der Waals surface area contributed by atoms with Crippen molar-refractivity contribution in [2.75, 3.05) is 14.1 Å². The van der Waals surface area contributed by atoms with Crippen LogP contribution in [0.2, 0.25) is 0 Å². The first-order valence-corrected chi connectivity index (χ1v) is 7.24. The molecule has 0 aliphatic carbocycles. The normalized spacial score (nSPS) is 12.0. The summed E-state index contributed by atoms with van der Waals surface area (Å²) in [4.78, 5) is 0.200. The highest BCUT2D eigenvalue weighted by atomic mass is 32.2. The Morgan fingerprint density at radius 2 is 2.00 bits per heavy atom. The van der Waals surface area contributed by atoms with E-state index in [0.29, 0.717) is 23.8 Å². The van der Waals surface area contributed by atoms with Crippen molar-refractivity contribution in [1.29, 1.82) is 0 Å². The first kappa shape index (κ1) is 13.7. The Balaban J connectivity index is 2.45. The van der Waals surface area contributed by atoms with E-state index in [0.717, 1.165) is 4.31 Å². The molecule has 0 bridgehead atoms. The molecule has 102 valence electrons. The van der Waals surface area contributed by atoms with Crippen LogP contribution in [-0.2, 0) is 16.4 Å². The van der Waals surface area contributed by atoms with E-state index in [2.05, 4.69) is 10.2 Å². The third-order valence-corrected chi connectivity index (χ3v) is 4.44. The molecule has 0 saturated heterocycles. The van der Waals surface area contributed by atoms with Crippen LogP contribution in [-0.4, -0.2) is 37.0 Å². The fourth-order valence-corrected chi connectivity index (χ4v) is 2.46. The number of aromatic nitrogens is 2. The van der Waals surface area contributed by atoms with Gasteiger partial charge in [-0.3, -0.25) is 0 Å². The lowest BCUT2D eigenvalue weighted by atomic mass is 10.2. The van der Waals surface area contributed by atoms with Crippen LogP contribution in [0.5, 0.6) is 0 Å². The van der Waals surface area contributed by atoms with Gasteiger partial charge in [-0.25, -0.2) is 12.7 Å². The summed E-state index contributed by atoms with van der Waals surface area (Å²) in [5.41, 5.74) is 0.593. The molecular weight excluding hydrogens is 266 g/mol. The zero-order chi connectivity index (χ0) is 14.0. The van der Waals surface area contributed by atoms with Crippen molar-refractivity contribution < 1.29 is 12.8 Å². The molecule has 0 aliphatic rings. The van der Waals surface area contributed by atoms with Crippen LogP contribution in [0.25, 0.3) is 11.5 Å². The van der Waals surface area contributed by atoms with Gasteiger partial charge >= 0.3 is 0 Å². The average molecular weight is 281 g/mol. The molecule has 0 unspecified atom stereocenters. The molecule has 1 aromatic heterocycles. The zero-order valence-corrected chi connectivity index (χ0v) is 11.8. The van der Waals surface area contributed by atoms with Gasteiger partial charge in [-0.05, 0) is 18.2 Å². The van der Waals surface area contributed by atoms with Crippen LogP contribution in [0.3, 0.4) is 0 Å². The third kappa shape index (κ3) is 2.66. The number of benzene rings is 1. The second-order valence-corrected chi connectivity index (χ2v) is 6.32. The molecule has 2 rings (SSSR count). The highest BCUT2D eigenvalue weighted by Gasteiger charge is 2.18. The van der Waals surface area contributed by atoms with Crippen molar-refractivity contribution >= 4 is 10.0 Å². The number of aryl methyl sites for hydroxylation is 1. The Hall–Kier alpha value is -1.73. The first-order chi connectivity index (χ1) is 8.95. The zero-order valence-electron chi connectivity index (χ0n) is 11.0. The lowest BCUT2D eigenvalue weighted by molar-refractivity contribution is 0.512. The molecule has 0 aliphatic heterocycles. The number of hydrogen-bond donors (Lipinski definition) is 0. The highest BCUT2D eigenvalue weighted by molar-refractivity contribution is 7.89.